The first-order valence-corrected chi connectivity index (χ1v) is 5.37. The van der Waals surface area contributed by atoms with E-state index in [2.05, 4.69) is 20.9 Å². The minimum absolute atomic E-state index is 0.345. The van der Waals surface area contributed by atoms with E-state index < -0.39 is 0 Å². The van der Waals surface area contributed by atoms with E-state index >= 15 is 0 Å². The lowest BCUT2D eigenvalue weighted by atomic mass is 10.1. The lowest BCUT2D eigenvalue weighted by molar-refractivity contribution is 0.283. The summed E-state index contributed by atoms with van der Waals surface area (Å²) in [5.41, 5.74) is 8.33. The van der Waals surface area contributed by atoms with Gasteiger partial charge in [-0.15, -0.1) is 0 Å². The molecule has 2 N–H and O–H groups in total. The van der Waals surface area contributed by atoms with Gasteiger partial charge in [0.2, 0.25) is 0 Å². The fourth-order valence-corrected chi connectivity index (χ4v) is 1.63. The molecule has 0 fully saturated rings. The largest absolute Gasteiger partial charge is 0.468 e. The van der Waals surface area contributed by atoms with Crippen molar-refractivity contribution < 1.29 is 4.74 Å². The number of halogens is 1. The van der Waals surface area contributed by atoms with Crippen molar-refractivity contribution in [2.24, 2.45) is 10.7 Å². The lowest BCUT2D eigenvalue weighted by Gasteiger charge is -2.17. The Hall–Kier alpha value is -1.29. The predicted molar refractivity (Wildman–Crippen MR) is 64.3 cm³/mol. The summed E-state index contributed by atoms with van der Waals surface area (Å²) < 4.78 is 6.47. The Bertz CT molecular complexity index is 434. The van der Waals surface area contributed by atoms with Gasteiger partial charge in [-0.3, -0.25) is 0 Å². The van der Waals surface area contributed by atoms with Gasteiger partial charge in [-0.05, 0) is 19.1 Å². The Balaban J connectivity index is 2.42. The van der Waals surface area contributed by atoms with Crippen LogP contribution in [0, 0.1) is 0 Å². The number of hydrogen-bond donors (Lipinski definition) is 1. The van der Waals surface area contributed by atoms with E-state index in [4.69, 9.17) is 10.5 Å². The molecule has 0 atom stereocenters. The zero-order valence-corrected chi connectivity index (χ0v) is 9.91. The fraction of sp³-hybridized carbons (Fsp3) is 0.182. The van der Waals surface area contributed by atoms with Crippen LogP contribution in [0.5, 0.6) is 0 Å². The molecule has 0 unspecified atom stereocenters. The Morgan fingerprint density at radius 3 is 2.67 bits per heavy atom. The molecule has 0 aliphatic carbocycles. The zero-order chi connectivity index (χ0) is 10.8. The molecule has 4 heteroatoms. The molecular formula is C11H11BrN2O. The van der Waals surface area contributed by atoms with Gasteiger partial charge in [-0.1, -0.05) is 28.1 Å². The average molecular weight is 267 g/mol. The number of nitrogens with zero attached hydrogens (tertiary/aromatic N) is 1. The third kappa shape index (κ3) is 2.04. The smallest absolute Gasteiger partial charge is 0.179 e. The highest BCUT2D eigenvalue weighted by molar-refractivity contribution is 9.10. The number of allylic oxidation sites excluding steroid dienone is 1. The van der Waals surface area contributed by atoms with Crippen LogP contribution >= 0.6 is 15.9 Å². The van der Waals surface area contributed by atoms with Crippen molar-refractivity contribution in [3.05, 3.63) is 40.0 Å². The molecule has 0 saturated carbocycles. The van der Waals surface area contributed by atoms with E-state index in [0.717, 1.165) is 21.5 Å². The van der Waals surface area contributed by atoms with Crippen LogP contribution in [0.2, 0.25) is 0 Å². The first-order valence-electron chi connectivity index (χ1n) is 4.58. The van der Waals surface area contributed by atoms with Crippen molar-refractivity contribution in [1.82, 2.24) is 0 Å². The molecule has 15 heavy (non-hydrogen) atoms. The summed E-state index contributed by atoms with van der Waals surface area (Å²) in [4.78, 5) is 4.11. The molecule has 1 aliphatic rings. The third-order valence-corrected chi connectivity index (χ3v) is 2.78. The van der Waals surface area contributed by atoms with Gasteiger partial charge in [0.1, 0.15) is 0 Å². The van der Waals surface area contributed by atoms with Crippen molar-refractivity contribution in [2.45, 2.75) is 6.92 Å². The third-order valence-electron chi connectivity index (χ3n) is 2.25. The second kappa shape index (κ2) is 4.06. The van der Waals surface area contributed by atoms with Gasteiger partial charge in [-0.2, -0.15) is 0 Å². The molecule has 0 aromatic heterocycles. The number of aliphatic imine (C=N–C) groups is 1. The first kappa shape index (κ1) is 10.2. The molecule has 0 spiro atoms. The molecule has 0 radical (unpaired) electrons. The number of rotatable bonds is 1. The summed E-state index contributed by atoms with van der Waals surface area (Å²) in [6.45, 7) is 2.23. The number of benzene rings is 1. The highest BCUT2D eigenvalue weighted by Crippen LogP contribution is 2.23. The summed E-state index contributed by atoms with van der Waals surface area (Å²) in [5.74, 6) is 0.718. The van der Waals surface area contributed by atoms with E-state index in [9.17, 15) is 0 Å². The van der Waals surface area contributed by atoms with Gasteiger partial charge >= 0.3 is 0 Å². The van der Waals surface area contributed by atoms with E-state index in [1.807, 2.05) is 31.2 Å². The monoisotopic (exact) mass is 266 g/mol. The molecule has 1 aromatic carbocycles. The normalized spacial score (nSPS) is 16.0. The van der Waals surface area contributed by atoms with Crippen LogP contribution in [0.25, 0.3) is 5.76 Å². The van der Waals surface area contributed by atoms with Gasteiger partial charge < -0.3 is 10.5 Å². The van der Waals surface area contributed by atoms with Crippen LogP contribution in [-0.4, -0.2) is 12.4 Å². The van der Waals surface area contributed by atoms with Crippen LogP contribution in [-0.2, 0) is 4.74 Å². The maximum Gasteiger partial charge on any atom is 0.179 e. The number of hydrogen-bond acceptors (Lipinski definition) is 3. The summed E-state index contributed by atoms with van der Waals surface area (Å²) in [7, 11) is 0. The highest BCUT2D eigenvalue weighted by Gasteiger charge is 2.14. The minimum Gasteiger partial charge on any atom is -0.468 e. The number of ether oxygens (including phenoxy) is 1. The molecule has 0 amide bonds. The van der Waals surface area contributed by atoms with E-state index in [0.29, 0.717) is 12.4 Å². The van der Waals surface area contributed by atoms with Crippen molar-refractivity contribution in [1.29, 1.82) is 0 Å². The molecule has 2 rings (SSSR count). The maximum atomic E-state index is 5.90. The van der Waals surface area contributed by atoms with Crippen LogP contribution in [0.4, 0.5) is 0 Å². The van der Waals surface area contributed by atoms with Gasteiger partial charge in [-0.25, -0.2) is 4.99 Å². The van der Waals surface area contributed by atoms with E-state index in [-0.39, 0.29) is 0 Å². The number of nitrogens with two attached hydrogens (primary N) is 1. The minimum atomic E-state index is 0.345. The van der Waals surface area contributed by atoms with Crippen molar-refractivity contribution in [2.75, 3.05) is 6.73 Å². The standard InChI is InChI=1S/C11H11BrN2O/c1-7-10(13)11(15-6-14-7)8-2-4-9(12)5-3-8/h2-5H,6,13H2,1H3. The van der Waals surface area contributed by atoms with Gasteiger partial charge in [0.05, 0.1) is 11.4 Å². The molecule has 1 aliphatic heterocycles. The van der Waals surface area contributed by atoms with Gasteiger partial charge in [0.25, 0.3) is 0 Å². The summed E-state index contributed by atoms with van der Waals surface area (Å²) >= 11 is 3.38. The first-order chi connectivity index (χ1) is 7.18. The summed E-state index contributed by atoms with van der Waals surface area (Å²) in [5, 5.41) is 0. The predicted octanol–water partition coefficient (Wildman–Crippen LogP) is 2.52. The second-order valence-corrected chi connectivity index (χ2v) is 4.18. The molecule has 1 aromatic rings. The van der Waals surface area contributed by atoms with Crippen molar-refractivity contribution in [3.8, 4) is 0 Å². The fourth-order valence-electron chi connectivity index (χ4n) is 1.36. The molecule has 0 saturated heterocycles. The SMILES string of the molecule is CC1=NCOC(c2ccc(Br)cc2)=C1N. The van der Waals surface area contributed by atoms with Crippen molar-refractivity contribution >= 4 is 27.4 Å². The molecule has 1 heterocycles. The van der Waals surface area contributed by atoms with Crippen LogP contribution in [0.15, 0.2) is 39.4 Å². The van der Waals surface area contributed by atoms with E-state index in [1.54, 1.807) is 0 Å². The van der Waals surface area contributed by atoms with Gasteiger partial charge in [0.15, 0.2) is 12.5 Å². The lowest BCUT2D eigenvalue weighted by Crippen LogP contribution is -2.17. The van der Waals surface area contributed by atoms with E-state index in [1.165, 1.54) is 0 Å². The molecular weight excluding hydrogens is 256 g/mol. The second-order valence-electron chi connectivity index (χ2n) is 3.27. The molecule has 78 valence electrons. The quantitative estimate of drug-likeness (QED) is 0.849. The average Bonchev–Trinajstić information content (AvgIpc) is 2.24. The summed E-state index contributed by atoms with van der Waals surface area (Å²) in [6, 6.07) is 7.84. The van der Waals surface area contributed by atoms with Crippen LogP contribution in [0.1, 0.15) is 12.5 Å². The Labute approximate surface area is 96.8 Å². The van der Waals surface area contributed by atoms with Crippen LogP contribution in [0.3, 0.4) is 0 Å². The highest BCUT2D eigenvalue weighted by atomic mass is 79.9. The maximum absolute atomic E-state index is 5.90. The topological polar surface area (TPSA) is 47.6 Å². The molecule has 3 nitrogen and oxygen atoms in total. The zero-order valence-electron chi connectivity index (χ0n) is 8.33. The van der Waals surface area contributed by atoms with Crippen LogP contribution < -0.4 is 5.73 Å². The van der Waals surface area contributed by atoms with Crippen molar-refractivity contribution in [3.63, 3.8) is 0 Å². The summed E-state index contributed by atoms with van der Waals surface area (Å²) in [6.07, 6.45) is 0. The Morgan fingerprint density at radius 1 is 1.33 bits per heavy atom. The Kier molecular flexibility index (Phi) is 2.77. The van der Waals surface area contributed by atoms with Gasteiger partial charge in [0, 0.05) is 10.0 Å². The Morgan fingerprint density at radius 2 is 2.00 bits per heavy atom. The molecule has 0 bridgehead atoms.